The first kappa shape index (κ1) is 17.3. The van der Waals surface area contributed by atoms with Gasteiger partial charge in [0.05, 0.1) is 23.3 Å². The molecule has 27 heavy (non-hydrogen) atoms. The third-order valence-corrected chi connectivity index (χ3v) is 4.44. The molecule has 0 bridgehead atoms. The van der Waals surface area contributed by atoms with E-state index in [1.54, 1.807) is 16.7 Å². The molecular weight excluding hydrogens is 364 g/mol. The summed E-state index contributed by atoms with van der Waals surface area (Å²) in [6.07, 6.45) is 0.715. The number of esters is 1. The third kappa shape index (κ3) is 2.98. The van der Waals surface area contributed by atoms with Gasteiger partial charge in [0.15, 0.2) is 5.65 Å². The van der Waals surface area contributed by atoms with Crippen LogP contribution in [-0.2, 0) is 4.74 Å². The molecule has 0 amide bonds. The van der Waals surface area contributed by atoms with Crippen LogP contribution in [0.2, 0.25) is 5.02 Å². The van der Waals surface area contributed by atoms with E-state index in [1.165, 1.54) is 0 Å². The van der Waals surface area contributed by atoms with Crippen LogP contribution >= 0.6 is 11.6 Å². The van der Waals surface area contributed by atoms with Crippen LogP contribution in [0.5, 0.6) is 0 Å². The van der Waals surface area contributed by atoms with Crippen LogP contribution < -0.4 is 5.73 Å². The standard InChI is InChI=1S/C20H17ClN4O2/c1-2-10-27-20(26)16-17-19(24-15-9-4-3-8-14(15)23-17)25(18(16)22)13-7-5-6-12(21)11-13/h3-9,11H,2,10,22H2,1H3. The molecule has 0 saturated heterocycles. The Morgan fingerprint density at radius 1 is 1.15 bits per heavy atom. The van der Waals surface area contributed by atoms with Crippen LogP contribution in [0.3, 0.4) is 0 Å². The minimum Gasteiger partial charge on any atom is -0.462 e. The zero-order valence-corrected chi connectivity index (χ0v) is 15.4. The molecule has 0 atom stereocenters. The summed E-state index contributed by atoms with van der Waals surface area (Å²) in [6.45, 7) is 2.24. The van der Waals surface area contributed by atoms with Crippen LogP contribution in [0.4, 0.5) is 5.82 Å². The van der Waals surface area contributed by atoms with Crippen molar-refractivity contribution in [2.75, 3.05) is 12.3 Å². The van der Waals surface area contributed by atoms with Crippen molar-refractivity contribution in [3.63, 3.8) is 0 Å². The van der Waals surface area contributed by atoms with Crippen molar-refractivity contribution < 1.29 is 9.53 Å². The highest BCUT2D eigenvalue weighted by Gasteiger charge is 2.25. The number of benzene rings is 2. The van der Waals surface area contributed by atoms with Gasteiger partial charge >= 0.3 is 5.97 Å². The quantitative estimate of drug-likeness (QED) is 0.531. The number of nitrogens with two attached hydrogens (primary N) is 1. The molecule has 4 rings (SSSR count). The molecule has 0 aliphatic rings. The van der Waals surface area contributed by atoms with Crippen molar-refractivity contribution in [3.05, 3.63) is 59.1 Å². The zero-order valence-electron chi connectivity index (χ0n) is 14.6. The predicted octanol–water partition coefficient (Wildman–Crippen LogP) is 4.38. The number of carbonyl (C=O) groups is 1. The Hall–Kier alpha value is -3.12. The van der Waals surface area contributed by atoms with Gasteiger partial charge in [0.25, 0.3) is 0 Å². The summed E-state index contributed by atoms with van der Waals surface area (Å²) in [5.74, 6) is -0.284. The number of ether oxygens (including phenoxy) is 1. The van der Waals surface area contributed by atoms with Gasteiger partial charge in [0.1, 0.15) is 16.9 Å². The Morgan fingerprint density at radius 3 is 2.59 bits per heavy atom. The average Bonchev–Trinajstić information content (AvgIpc) is 2.95. The third-order valence-electron chi connectivity index (χ3n) is 4.21. The van der Waals surface area contributed by atoms with Gasteiger partial charge in [-0.15, -0.1) is 0 Å². The topological polar surface area (TPSA) is 83.0 Å². The van der Waals surface area contributed by atoms with Crippen LogP contribution in [0.15, 0.2) is 48.5 Å². The van der Waals surface area contributed by atoms with E-state index in [0.717, 1.165) is 0 Å². The van der Waals surface area contributed by atoms with Crippen LogP contribution in [-0.4, -0.2) is 27.1 Å². The van der Waals surface area contributed by atoms with E-state index < -0.39 is 5.97 Å². The van der Waals surface area contributed by atoms with Gasteiger partial charge in [-0.3, -0.25) is 4.57 Å². The SMILES string of the molecule is CCCOC(=O)c1c(N)n(-c2cccc(Cl)c2)c2nc3ccccc3nc12. The maximum absolute atomic E-state index is 12.7. The minimum absolute atomic E-state index is 0.219. The van der Waals surface area contributed by atoms with E-state index in [0.29, 0.717) is 45.9 Å². The first-order chi connectivity index (χ1) is 13.1. The van der Waals surface area contributed by atoms with Gasteiger partial charge in [-0.25, -0.2) is 14.8 Å². The lowest BCUT2D eigenvalue weighted by atomic mass is 10.2. The molecular formula is C20H17ClN4O2. The highest BCUT2D eigenvalue weighted by atomic mass is 35.5. The molecule has 2 aromatic carbocycles. The Labute approximate surface area is 160 Å². The fourth-order valence-electron chi connectivity index (χ4n) is 3.01. The highest BCUT2D eigenvalue weighted by Crippen LogP contribution is 2.32. The first-order valence-electron chi connectivity index (χ1n) is 8.60. The van der Waals surface area contributed by atoms with E-state index in [4.69, 9.17) is 27.1 Å². The fourth-order valence-corrected chi connectivity index (χ4v) is 3.19. The molecule has 0 radical (unpaired) electrons. The molecule has 4 aromatic rings. The number of halogens is 1. The van der Waals surface area contributed by atoms with Crippen molar-refractivity contribution in [2.45, 2.75) is 13.3 Å². The summed E-state index contributed by atoms with van der Waals surface area (Å²) in [7, 11) is 0. The minimum atomic E-state index is -0.510. The Bertz CT molecular complexity index is 1170. The molecule has 2 heterocycles. The number of hydrogen-bond acceptors (Lipinski definition) is 5. The summed E-state index contributed by atoms with van der Waals surface area (Å²) in [6, 6.07) is 14.6. The number of nitrogen functional groups attached to an aromatic ring is 1. The normalized spacial score (nSPS) is 11.2. The van der Waals surface area contributed by atoms with E-state index in [1.807, 2.05) is 43.3 Å². The number of carbonyl (C=O) groups excluding carboxylic acids is 1. The van der Waals surface area contributed by atoms with Gasteiger partial charge in [0, 0.05) is 5.02 Å². The van der Waals surface area contributed by atoms with E-state index >= 15 is 0 Å². The first-order valence-corrected chi connectivity index (χ1v) is 8.97. The van der Waals surface area contributed by atoms with E-state index in [2.05, 4.69) is 4.98 Å². The number of aromatic nitrogens is 3. The molecule has 0 aliphatic heterocycles. The Morgan fingerprint density at radius 2 is 1.89 bits per heavy atom. The Balaban J connectivity index is 2.05. The molecule has 2 N–H and O–H groups in total. The van der Waals surface area contributed by atoms with Crippen molar-refractivity contribution in [1.29, 1.82) is 0 Å². The summed E-state index contributed by atoms with van der Waals surface area (Å²) >= 11 is 6.15. The molecule has 7 heteroatoms. The number of para-hydroxylation sites is 2. The zero-order chi connectivity index (χ0) is 19.0. The lowest BCUT2D eigenvalue weighted by Gasteiger charge is -2.08. The molecule has 2 aromatic heterocycles. The molecule has 0 aliphatic carbocycles. The van der Waals surface area contributed by atoms with Gasteiger partial charge in [-0.2, -0.15) is 0 Å². The van der Waals surface area contributed by atoms with Crippen molar-refractivity contribution in [3.8, 4) is 5.69 Å². The molecule has 136 valence electrons. The number of anilines is 1. The van der Waals surface area contributed by atoms with Crippen LogP contribution in [0, 0.1) is 0 Å². The number of rotatable bonds is 4. The maximum Gasteiger partial charge on any atom is 0.344 e. The largest absolute Gasteiger partial charge is 0.462 e. The predicted molar refractivity (Wildman–Crippen MR) is 106 cm³/mol. The van der Waals surface area contributed by atoms with E-state index in [-0.39, 0.29) is 11.4 Å². The van der Waals surface area contributed by atoms with Crippen molar-refractivity contribution in [1.82, 2.24) is 14.5 Å². The summed E-state index contributed by atoms with van der Waals surface area (Å²) in [5.41, 5.74) is 9.57. The fraction of sp³-hybridized carbons (Fsp3) is 0.150. The lowest BCUT2D eigenvalue weighted by molar-refractivity contribution is 0.0508. The second-order valence-electron chi connectivity index (χ2n) is 6.10. The molecule has 6 nitrogen and oxygen atoms in total. The molecule has 0 saturated carbocycles. The highest BCUT2D eigenvalue weighted by molar-refractivity contribution is 6.30. The summed E-state index contributed by atoms with van der Waals surface area (Å²) in [4.78, 5) is 22.0. The summed E-state index contributed by atoms with van der Waals surface area (Å²) < 4.78 is 7.01. The number of fused-ring (bicyclic) bond motifs is 2. The second kappa shape index (κ2) is 6.89. The van der Waals surface area contributed by atoms with Gasteiger partial charge in [-0.05, 0) is 36.8 Å². The number of nitrogens with zero attached hydrogens (tertiary/aromatic N) is 3. The van der Waals surface area contributed by atoms with Gasteiger partial charge in [0.2, 0.25) is 0 Å². The second-order valence-corrected chi connectivity index (χ2v) is 6.53. The monoisotopic (exact) mass is 380 g/mol. The average molecular weight is 381 g/mol. The molecule has 0 spiro atoms. The van der Waals surface area contributed by atoms with Gasteiger partial charge < -0.3 is 10.5 Å². The van der Waals surface area contributed by atoms with Crippen molar-refractivity contribution in [2.24, 2.45) is 0 Å². The number of hydrogen-bond donors (Lipinski definition) is 1. The lowest BCUT2D eigenvalue weighted by Crippen LogP contribution is -2.09. The van der Waals surface area contributed by atoms with E-state index in [9.17, 15) is 4.79 Å². The maximum atomic E-state index is 12.7. The van der Waals surface area contributed by atoms with Crippen LogP contribution in [0.25, 0.3) is 27.9 Å². The van der Waals surface area contributed by atoms with Crippen molar-refractivity contribution >= 4 is 45.6 Å². The Kier molecular flexibility index (Phi) is 4.41. The smallest absolute Gasteiger partial charge is 0.344 e. The van der Waals surface area contributed by atoms with Gasteiger partial charge in [-0.1, -0.05) is 36.7 Å². The molecule has 0 unspecified atom stereocenters. The molecule has 0 fully saturated rings. The summed E-state index contributed by atoms with van der Waals surface area (Å²) in [5, 5.41) is 0.553. The van der Waals surface area contributed by atoms with Crippen LogP contribution in [0.1, 0.15) is 23.7 Å².